The highest BCUT2D eigenvalue weighted by molar-refractivity contribution is 7.99. The number of nitrogens with zero attached hydrogens (tertiary/aromatic N) is 2. The number of hydrogen-bond donors (Lipinski definition) is 0. The van der Waals surface area contributed by atoms with Gasteiger partial charge in [0.1, 0.15) is 6.10 Å². The van der Waals surface area contributed by atoms with Crippen molar-refractivity contribution in [3.63, 3.8) is 0 Å². The van der Waals surface area contributed by atoms with Gasteiger partial charge in [0.25, 0.3) is 0 Å². The Labute approximate surface area is 136 Å². The first kappa shape index (κ1) is 15.8. The van der Waals surface area contributed by atoms with E-state index in [0.717, 1.165) is 18.5 Å². The monoisotopic (exact) mass is 320 g/mol. The highest BCUT2D eigenvalue weighted by Crippen LogP contribution is 2.66. The molecule has 0 saturated heterocycles. The molecular weight excluding hydrogens is 296 g/mol. The summed E-state index contributed by atoms with van der Waals surface area (Å²) in [6.07, 6.45) is 5.23. The van der Waals surface area contributed by atoms with E-state index in [-0.39, 0.29) is 28.7 Å². The molecule has 0 amide bonds. The summed E-state index contributed by atoms with van der Waals surface area (Å²) >= 11 is 1.35. The van der Waals surface area contributed by atoms with Crippen LogP contribution in [0, 0.1) is 23.7 Å². The van der Waals surface area contributed by atoms with Gasteiger partial charge in [-0.25, -0.2) is 9.97 Å². The van der Waals surface area contributed by atoms with E-state index in [1.165, 1.54) is 18.2 Å². The molecule has 0 radical (unpaired) electrons. The minimum absolute atomic E-state index is 0.0628. The molecule has 0 unspecified atom stereocenters. The molecule has 1 aromatic rings. The summed E-state index contributed by atoms with van der Waals surface area (Å²) in [6.45, 7) is 8.86. The maximum Gasteiger partial charge on any atom is 0.316 e. The standard InChI is InChI=1S/C17H24N2O2S/c1-11-6-8-18-15(19-11)22-10-14(20)21-13-9-12-5-7-17(13,4)16(12,2)3/h6,8,12-13H,5,7,9-10H2,1-4H3/t12-,13-,17+/m0/s1. The van der Waals surface area contributed by atoms with Crippen LogP contribution in [0.3, 0.4) is 0 Å². The van der Waals surface area contributed by atoms with Crippen molar-refractivity contribution in [2.24, 2.45) is 16.7 Å². The number of carbonyl (C=O) groups excluding carboxylic acids is 1. The highest BCUT2D eigenvalue weighted by Gasteiger charge is 2.62. The zero-order valence-electron chi connectivity index (χ0n) is 13.8. The molecule has 2 saturated carbocycles. The Morgan fingerprint density at radius 3 is 2.82 bits per heavy atom. The van der Waals surface area contributed by atoms with Crippen molar-refractivity contribution in [3.05, 3.63) is 18.0 Å². The van der Waals surface area contributed by atoms with Crippen molar-refractivity contribution in [1.82, 2.24) is 9.97 Å². The molecule has 1 aromatic heterocycles. The Bertz CT molecular complexity index is 590. The van der Waals surface area contributed by atoms with Crippen molar-refractivity contribution in [2.45, 2.75) is 58.2 Å². The van der Waals surface area contributed by atoms with Crippen molar-refractivity contribution >= 4 is 17.7 Å². The van der Waals surface area contributed by atoms with E-state index in [4.69, 9.17) is 4.74 Å². The minimum atomic E-state index is -0.148. The molecule has 0 aliphatic heterocycles. The fraction of sp³-hybridized carbons (Fsp3) is 0.706. The van der Waals surface area contributed by atoms with Crippen LogP contribution in [0.5, 0.6) is 0 Å². The van der Waals surface area contributed by atoms with Gasteiger partial charge < -0.3 is 4.74 Å². The maximum absolute atomic E-state index is 12.2. The molecular formula is C17H24N2O2S. The Morgan fingerprint density at radius 1 is 1.45 bits per heavy atom. The molecule has 5 heteroatoms. The number of aryl methyl sites for hydroxylation is 1. The van der Waals surface area contributed by atoms with E-state index >= 15 is 0 Å². The second-order valence-electron chi connectivity index (χ2n) is 7.36. The normalized spacial score (nSPS) is 32.2. The molecule has 0 spiro atoms. The van der Waals surface area contributed by atoms with Crippen LogP contribution in [0.25, 0.3) is 0 Å². The number of aromatic nitrogens is 2. The van der Waals surface area contributed by atoms with Crippen LogP contribution < -0.4 is 0 Å². The topological polar surface area (TPSA) is 52.1 Å². The second kappa shape index (κ2) is 5.52. The molecule has 3 atom stereocenters. The first-order valence-corrected chi connectivity index (χ1v) is 8.93. The molecule has 2 aliphatic carbocycles. The number of fused-ring (bicyclic) bond motifs is 2. The van der Waals surface area contributed by atoms with Gasteiger partial charge in [-0.2, -0.15) is 0 Å². The summed E-state index contributed by atoms with van der Waals surface area (Å²) in [4.78, 5) is 20.6. The Morgan fingerprint density at radius 2 is 2.23 bits per heavy atom. The Kier molecular flexibility index (Phi) is 3.96. The first-order chi connectivity index (χ1) is 10.3. The SMILES string of the molecule is Cc1ccnc(SCC(=O)O[C@H]2C[C@@H]3CC[C@@]2(C)C3(C)C)n1. The third kappa shape index (κ3) is 2.53. The minimum Gasteiger partial charge on any atom is -0.461 e. The van der Waals surface area contributed by atoms with E-state index in [1.807, 2.05) is 13.0 Å². The van der Waals surface area contributed by atoms with Crippen molar-refractivity contribution in [3.8, 4) is 0 Å². The van der Waals surface area contributed by atoms with Crippen molar-refractivity contribution in [2.75, 3.05) is 5.75 Å². The number of rotatable bonds is 4. The van der Waals surface area contributed by atoms with Gasteiger partial charge in [-0.15, -0.1) is 0 Å². The van der Waals surface area contributed by atoms with Crippen LogP contribution in [0.4, 0.5) is 0 Å². The average Bonchev–Trinajstić information content (AvgIpc) is 2.78. The molecule has 2 aliphatic rings. The number of thioether (sulfide) groups is 1. The van der Waals surface area contributed by atoms with E-state index < -0.39 is 0 Å². The molecule has 2 bridgehead atoms. The molecule has 1 heterocycles. The lowest BCUT2D eigenvalue weighted by Crippen LogP contribution is -2.38. The molecule has 0 aromatic carbocycles. The summed E-state index contributed by atoms with van der Waals surface area (Å²) in [5.41, 5.74) is 1.30. The number of carbonyl (C=O) groups is 1. The van der Waals surface area contributed by atoms with Crippen LogP contribution in [0.2, 0.25) is 0 Å². The summed E-state index contributed by atoms with van der Waals surface area (Å²) in [7, 11) is 0. The second-order valence-corrected chi connectivity index (χ2v) is 8.30. The zero-order valence-corrected chi connectivity index (χ0v) is 14.6. The van der Waals surface area contributed by atoms with Crippen LogP contribution in [0.15, 0.2) is 17.4 Å². The molecule has 4 nitrogen and oxygen atoms in total. The summed E-state index contributed by atoms with van der Waals surface area (Å²) < 4.78 is 5.82. The predicted octanol–water partition coefficient (Wildman–Crippen LogP) is 3.64. The smallest absolute Gasteiger partial charge is 0.316 e. The summed E-state index contributed by atoms with van der Waals surface area (Å²) in [5, 5.41) is 0.636. The van der Waals surface area contributed by atoms with Gasteiger partial charge in [-0.3, -0.25) is 4.79 Å². The van der Waals surface area contributed by atoms with Gasteiger partial charge in [0.05, 0.1) is 5.75 Å². The van der Waals surface area contributed by atoms with E-state index in [0.29, 0.717) is 11.1 Å². The van der Waals surface area contributed by atoms with E-state index in [9.17, 15) is 4.79 Å². The van der Waals surface area contributed by atoms with Crippen LogP contribution in [0.1, 0.15) is 45.7 Å². The molecule has 22 heavy (non-hydrogen) atoms. The largest absolute Gasteiger partial charge is 0.461 e. The molecule has 3 rings (SSSR count). The van der Waals surface area contributed by atoms with E-state index in [2.05, 4.69) is 30.7 Å². The Hall–Kier alpha value is -1.10. The summed E-state index contributed by atoms with van der Waals surface area (Å²) in [5.74, 6) is 0.814. The molecule has 2 fully saturated rings. The van der Waals surface area contributed by atoms with Crippen LogP contribution >= 0.6 is 11.8 Å². The van der Waals surface area contributed by atoms with Gasteiger partial charge in [0.15, 0.2) is 5.16 Å². The van der Waals surface area contributed by atoms with Gasteiger partial charge in [-0.05, 0) is 43.6 Å². The number of ether oxygens (including phenoxy) is 1. The first-order valence-electron chi connectivity index (χ1n) is 7.95. The predicted molar refractivity (Wildman–Crippen MR) is 86.6 cm³/mol. The Balaban J connectivity index is 1.57. The lowest BCUT2D eigenvalue weighted by Gasteiger charge is -2.38. The quantitative estimate of drug-likeness (QED) is 0.482. The zero-order chi connectivity index (χ0) is 16.0. The van der Waals surface area contributed by atoms with Crippen LogP contribution in [-0.4, -0.2) is 27.8 Å². The molecule has 0 N–H and O–H groups in total. The van der Waals surface area contributed by atoms with Gasteiger partial charge in [0, 0.05) is 17.3 Å². The lowest BCUT2D eigenvalue weighted by atomic mass is 9.70. The van der Waals surface area contributed by atoms with Gasteiger partial charge in [0.2, 0.25) is 0 Å². The lowest BCUT2D eigenvalue weighted by molar-refractivity contribution is -0.153. The van der Waals surface area contributed by atoms with Gasteiger partial charge >= 0.3 is 5.97 Å². The summed E-state index contributed by atoms with van der Waals surface area (Å²) in [6, 6.07) is 1.85. The highest BCUT2D eigenvalue weighted by atomic mass is 32.2. The number of hydrogen-bond acceptors (Lipinski definition) is 5. The maximum atomic E-state index is 12.2. The van der Waals surface area contributed by atoms with Gasteiger partial charge in [-0.1, -0.05) is 32.5 Å². The molecule has 120 valence electrons. The van der Waals surface area contributed by atoms with Crippen LogP contribution in [-0.2, 0) is 9.53 Å². The third-order valence-corrected chi connectivity index (χ3v) is 6.91. The fourth-order valence-electron chi connectivity index (χ4n) is 4.12. The average molecular weight is 320 g/mol. The fourth-order valence-corrected chi connectivity index (χ4v) is 4.78. The van der Waals surface area contributed by atoms with Crippen molar-refractivity contribution in [1.29, 1.82) is 0 Å². The third-order valence-electron chi connectivity index (χ3n) is 6.08. The number of esters is 1. The van der Waals surface area contributed by atoms with E-state index in [1.54, 1.807) is 6.20 Å². The van der Waals surface area contributed by atoms with Crippen molar-refractivity contribution < 1.29 is 9.53 Å².